The predicted octanol–water partition coefficient (Wildman–Crippen LogP) is 4.54. The molecular formula is C17H14ClN5OS2. The van der Waals surface area contributed by atoms with Gasteiger partial charge in [-0.15, -0.1) is 27.8 Å². The van der Waals surface area contributed by atoms with Crippen molar-refractivity contribution in [2.24, 2.45) is 0 Å². The molecule has 1 aromatic carbocycles. The molecule has 0 aliphatic heterocycles. The number of carbonyl (C=O) groups is 1. The molecule has 0 saturated heterocycles. The molecule has 3 aromatic heterocycles. The zero-order valence-corrected chi connectivity index (χ0v) is 15.9. The number of thiazole rings is 1. The largest absolute Gasteiger partial charge is 0.337 e. The van der Waals surface area contributed by atoms with Crippen molar-refractivity contribution < 1.29 is 4.79 Å². The molecule has 26 heavy (non-hydrogen) atoms. The molecule has 0 saturated carbocycles. The molecule has 4 aromatic rings. The molecule has 2 N–H and O–H groups in total. The van der Waals surface area contributed by atoms with Crippen LogP contribution in [0.1, 0.15) is 5.69 Å². The number of rotatable bonds is 5. The Balaban J connectivity index is 1.37. The smallest absolute Gasteiger partial charge is 0.319 e. The van der Waals surface area contributed by atoms with Gasteiger partial charge < -0.3 is 10.6 Å². The molecule has 0 fully saturated rings. The fourth-order valence-corrected chi connectivity index (χ4v) is 4.13. The van der Waals surface area contributed by atoms with Gasteiger partial charge in [-0.1, -0.05) is 29.8 Å². The number of hydrogen-bond acceptors (Lipinski definition) is 5. The summed E-state index contributed by atoms with van der Waals surface area (Å²) in [5.41, 5.74) is 1.60. The summed E-state index contributed by atoms with van der Waals surface area (Å²) >= 11 is 9.19. The highest BCUT2D eigenvalue weighted by Crippen LogP contribution is 2.24. The molecule has 3 heterocycles. The Bertz CT molecular complexity index is 1040. The maximum absolute atomic E-state index is 12.0. The van der Waals surface area contributed by atoms with E-state index in [1.54, 1.807) is 34.8 Å². The summed E-state index contributed by atoms with van der Waals surface area (Å²) in [6.45, 7) is 0.482. The number of halogens is 1. The fourth-order valence-electron chi connectivity index (χ4n) is 2.44. The van der Waals surface area contributed by atoms with Crippen molar-refractivity contribution in [3.8, 4) is 10.7 Å². The van der Waals surface area contributed by atoms with E-state index in [-0.39, 0.29) is 6.03 Å². The van der Waals surface area contributed by atoms with E-state index in [1.807, 2.05) is 39.5 Å². The maximum Gasteiger partial charge on any atom is 0.319 e. The number of nitrogens with zero attached hydrogens (tertiary/aromatic N) is 3. The van der Waals surface area contributed by atoms with Gasteiger partial charge in [0, 0.05) is 18.3 Å². The standard InChI is InChI=1S/C17H14ClN5OS2/c18-12-4-1-2-5-13(12)20-16(24)19-8-7-11-10-26-17-21-15(22-23(11)17)14-6-3-9-25-14/h1-6,9-10H,7-8H2,(H2,19,20,24). The van der Waals surface area contributed by atoms with Gasteiger partial charge in [0.05, 0.1) is 21.3 Å². The zero-order valence-electron chi connectivity index (χ0n) is 13.5. The van der Waals surface area contributed by atoms with E-state index in [0.29, 0.717) is 23.7 Å². The Kier molecular flexibility index (Phi) is 4.87. The molecule has 0 aliphatic carbocycles. The molecule has 0 atom stereocenters. The van der Waals surface area contributed by atoms with Gasteiger partial charge in [0.15, 0.2) is 5.82 Å². The van der Waals surface area contributed by atoms with Crippen LogP contribution in [0.2, 0.25) is 5.02 Å². The predicted molar refractivity (Wildman–Crippen MR) is 106 cm³/mol. The molecule has 132 valence electrons. The van der Waals surface area contributed by atoms with Gasteiger partial charge in [-0.2, -0.15) is 4.98 Å². The van der Waals surface area contributed by atoms with Crippen LogP contribution in [0.15, 0.2) is 47.2 Å². The zero-order chi connectivity index (χ0) is 17.9. The van der Waals surface area contributed by atoms with Gasteiger partial charge in [0.1, 0.15) is 0 Å². The lowest BCUT2D eigenvalue weighted by atomic mass is 10.3. The molecule has 9 heteroatoms. The van der Waals surface area contributed by atoms with Crippen molar-refractivity contribution >= 4 is 51.0 Å². The number of benzene rings is 1. The number of hydrogen-bond donors (Lipinski definition) is 2. The van der Waals surface area contributed by atoms with Crippen LogP contribution in [0.25, 0.3) is 15.7 Å². The summed E-state index contributed by atoms with van der Waals surface area (Å²) in [4.78, 5) is 18.5. The Morgan fingerprint density at radius 1 is 1.19 bits per heavy atom. The number of anilines is 1. The van der Waals surface area contributed by atoms with Crippen LogP contribution < -0.4 is 10.6 Å². The van der Waals surface area contributed by atoms with E-state index in [9.17, 15) is 4.79 Å². The Morgan fingerprint density at radius 2 is 2.08 bits per heavy atom. The molecule has 0 spiro atoms. The highest BCUT2D eigenvalue weighted by Gasteiger charge is 2.12. The average Bonchev–Trinajstić information content (AvgIpc) is 3.34. The number of para-hydroxylation sites is 1. The number of thiophene rings is 1. The van der Waals surface area contributed by atoms with Gasteiger partial charge in [-0.3, -0.25) is 0 Å². The van der Waals surface area contributed by atoms with E-state index in [4.69, 9.17) is 11.6 Å². The first-order valence-electron chi connectivity index (χ1n) is 7.87. The Labute approximate surface area is 162 Å². The first-order chi connectivity index (χ1) is 12.7. The summed E-state index contributed by atoms with van der Waals surface area (Å²) in [7, 11) is 0. The van der Waals surface area contributed by atoms with Crippen LogP contribution in [0, 0.1) is 0 Å². The third-order valence-electron chi connectivity index (χ3n) is 3.68. The number of urea groups is 1. The second-order valence-electron chi connectivity index (χ2n) is 5.44. The third-order valence-corrected chi connectivity index (χ3v) is 5.74. The van der Waals surface area contributed by atoms with Crippen LogP contribution in [-0.2, 0) is 6.42 Å². The molecule has 0 unspecified atom stereocenters. The highest BCUT2D eigenvalue weighted by molar-refractivity contribution is 7.15. The monoisotopic (exact) mass is 403 g/mol. The van der Waals surface area contributed by atoms with Gasteiger partial charge in [-0.05, 0) is 23.6 Å². The first-order valence-corrected chi connectivity index (χ1v) is 10.0. The van der Waals surface area contributed by atoms with Crippen molar-refractivity contribution in [2.45, 2.75) is 6.42 Å². The lowest BCUT2D eigenvalue weighted by molar-refractivity contribution is 0.252. The third kappa shape index (κ3) is 3.57. The van der Waals surface area contributed by atoms with E-state index in [1.165, 1.54) is 0 Å². The molecule has 0 radical (unpaired) electrons. The molecule has 4 rings (SSSR count). The van der Waals surface area contributed by atoms with Gasteiger partial charge in [-0.25, -0.2) is 9.31 Å². The fraction of sp³-hybridized carbons (Fsp3) is 0.118. The van der Waals surface area contributed by atoms with E-state index < -0.39 is 0 Å². The number of nitrogens with one attached hydrogen (secondary N) is 2. The van der Waals surface area contributed by atoms with Crippen molar-refractivity contribution in [2.75, 3.05) is 11.9 Å². The Hall–Kier alpha value is -2.42. The molecule has 6 nitrogen and oxygen atoms in total. The maximum atomic E-state index is 12.0. The molecular weight excluding hydrogens is 390 g/mol. The van der Waals surface area contributed by atoms with E-state index in [0.717, 1.165) is 21.4 Å². The topological polar surface area (TPSA) is 71.3 Å². The number of amides is 2. The van der Waals surface area contributed by atoms with Crippen LogP contribution in [-0.4, -0.2) is 27.2 Å². The lowest BCUT2D eigenvalue weighted by Crippen LogP contribution is -2.30. The van der Waals surface area contributed by atoms with Gasteiger partial charge in [0.25, 0.3) is 0 Å². The van der Waals surface area contributed by atoms with Crippen LogP contribution in [0.4, 0.5) is 10.5 Å². The summed E-state index contributed by atoms with van der Waals surface area (Å²) in [6, 6.07) is 10.8. The van der Waals surface area contributed by atoms with E-state index in [2.05, 4.69) is 20.7 Å². The average molecular weight is 404 g/mol. The second-order valence-corrected chi connectivity index (χ2v) is 7.64. The van der Waals surface area contributed by atoms with Gasteiger partial charge >= 0.3 is 6.03 Å². The number of carbonyl (C=O) groups excluding carboxylic acids is 1. The minimum absolute atomic E-state index is 0.289. The normalized spacial score (nSPS) is 11.0. The summed E-state index contributed by atoms with van der Waals surface area (Å²) in [5, 5.41) is 14.7. The van der Waals surface area contributed by atoms with Crippen LogP contribution in [0.3, 0.4) is 0 Å². The van der Waals surface area contributed by atoms with Crippen LogP contribution >= 0.6 is 34.3 Å². The van der Waals surface area contributed by atoms with Gasteiger partial charge in [0.2, 0.25) is 4.96 Å². The van der Waals surface area contributed by atoms with Crippen molar-refractivity contribution in [3.63, 3.8) is 0 Å². The van der Waals surface area contributed by atoms with Crippen molar-refractivity contribution in [1.29, 1.82) is 0 Å². The summed E-state index contributed by atoms with van der Waals surface area (Å²) in [5.74, 6) is 0.734. The summed E-state index contributed by atoms with van der Waals surface area (Å²) < 4.78 is 1.84. The quantitative estimate of drug-likeness (QED) is 0.514. The minimum Gasteiger partial charge on any atom is -0.337 e. The summed E-state index contributed by atoms with van der Waals surface area (Å²) in [6.07, 6.45) is 0.656. The molecule has 0 bridgehead atoms. The van der Waals surface area contributed by atoms with Crippen LogP contribution in [0.5, 0.6) is 0 Å². The molecule has 2 amide bonds. The minimum atomic E-state index is -0.289. The first kappa shape index (κ1) is 17.0. The molecule has 0 aliphatic rings. The SMILES string of the molecule is O=C(NCCc1csc2nc(-c3cccs3)nn12)Nc1ccccc1Cl. The highest BCUT2D eigenvalue weighted by atomic mass is 35.5. The van der Waals surface area contributed by atoms with Crippen molar-refractivity contribution in [1.82, 2.24) is 19.9 Å². The Morgan fingerprint density at radius 3 is 2.88 bits per heavy atom. The second kappa shape index (κ2) is 7.45. The number of aromatic nitrogens is 3. The lowest BCUT2D eigenvalue weighted by Gasteiger charge is -2.08. The van der Waals surface area contributed by atoms with E-state index >= 15 is 0 Å². The van der Waals surface area contributed by atoms with Crippen molar-refractivity contribution in [3.05, 3.63) is 57.9 Å². The number of fused-ring (bicyclic) bond motifs is 1.